The van der Waals surface area contributed by atoms with E-state index in [1.807, 2.05) is 36.4 Å². The Morgan fingerprint density at radius 3 is 2.81 bits per heavy atom. The van der Waals surface area contributed by atoms with Crippen LogP contribution in [0.3, 0.4) is 0 Å². The second kappa shape index (κ2) is 5.80. The van der Waals surface area contributed by atoms with Crippen molar-refractivity contribution in [3.05, 3.63) is 58.6 Å². The highest BCUT2D eigenvalue weighted by atomic mass is 32.1. The number of aromatic nitrogens is 2. The van der Waals surface area contributed by atoms with Gasteiger partial charge in [0.25, 0.3) is 5.91 Å². The molecule has 0 saturated carbocycles. The first-order valence-electron chi connectivity index (χ1n) is 6.35. The number of nitrogens with one attached hydrogen (secondary N) is 1. The third kappa shape index (κ3) is 2.95. The summed E-state index contributed by atoms with van der Waals surface area (Å²) >= 11 is 1.06. The first kappa shape index (κ1) is 13.4. The lowest BCUT2D eigenvalue weighted by Crippen LogP contribution is -2.17. The van der Waals surface area contributed by atoms with Crippen LogP contribution < -0.4 is 5.43 Å². The Morgan fingerprint density at radius 2 is 2.05 bits per heavy atom. The zero-order valence-electron chi connectivity index (χ0n) is 11.3. The minimum absolute atomic E-state index is 0.292. The second-order valence-electron chi connectivity index (χ2n) is 4.49. The lowest BCUT2D eigenvalue weighted by molar-refractivity contribution is 0.0958. The second-order valence-corrected chi connectivity index (χ2v) is 5.25. The average molecular weight is 296 g/mol. The van der Waals surface area contributed by atoms with Crippen molar-refractivity contribution in [3.63, 3.8) is 0 Å². The molecule has 1 N–H and O–H groups in total. The van der Waals surface area contributed by atoms with Crippen LogP contribution >= 0.6 is 11.5 Å². The summed E-state index contributed by atoms with van der Waals surface area (Å²) in [5.41, 5.74) is 4.02. The molecule has 0 unspecified atom stereocenters. The number of hydrazone groups is 1. The van der Waals surface area contributed by atoms with E-state index in [0.29, 0.717) is 10.6 Å². The highest BCUT2D eigenvalue weighted by Crippen LogP contribution is 2.14. The van der Waals surface area contributed by atoms with Crippen molar-refractivity contribution in [1.29, 1.82) is 0 Å². The van der Waals surface area contributed by atoms with Crippen LogP contribution in [-0.2, 0) is 0 Å². The topological polar surface area (TPSA) is 67.2 Å². The zero-order chi connectivity index (χ0) is 14.7. The quantitative estimate of drug-likeness (QED) is 0.597. The summed E-state index contributed by atoms with van der Waals surface area (Å²) in [5.74, 6) is -0.292. The Labute approximate surface area is 125 Å². The third-order valence-corrected chi connectivity index (χ3v) is 3.84. The number of amides is 1. The van der Waals surface area contributed by atoms with E-state index < -0.39 is 0 Å². The fourth-order valence-corrected chi connectivity index (χ4v) is 2.49. The molecule has 0 atom stereocenters. The van der Waals surface area contributed by atoms with Gasteiger partial charge in [0.1, 0.15) is 4.88 Å². The maximum absolute atomic E-state index is 11.8. The molecular formula is C15H12N4OS. The van der Waals surface area contributed by atoms with Gasteiger partial charge in [-0.1, -0.05) is 40.9 Å². The molecule has 0 aliphatic rings. The molecule has 5 nitrogen and oxygen atoms in total. The van der Waals surface area contributed by atoms with Gasteiger partial charge in [-0.2, -0.15) is 5.10 Å². The Hall–Kier alpha value is -2.60. The number of carbonyl (C=O) groups excluding carboxylic acids is 1. The predicted molar refractivity (Wildman–Crippen MR) is 83.7 cm³/mol. The molecule has 0 aliphatic carbocycles. The van der Waals surface area contributed by atoms with Gasteiger partial charge in [0.2, 0.25) is 0 Å². The van der Waals surface area contributed by atoms with Crippen LogP contribution in [0.2, 0.25) is 0 Å². The monoisotopic (exact) mass is 296 g/mol. The molecule has 0 spiro atoms. The number of fused-ring (bicyclic) bond motifs is 1. The first-order chi connectivity index (χ1) is 10.2. The van der Waals surface area contributed by atoms with E-state index in [1.165, 1.54) is 5.39 Å². The molecule has 6 heteroatoms. The summed E-state index contributed by atoms with van der Waals surface area (Å²) < 4.78 is 3.72. The van der Waals surface area contributed by atoms with Crippen molar-refractivity contribution < 1.29 is 4.79 Å². The number of hydrogen-bond donors (Lipinski definition) is 1. The van der Waals surface area contributed by atoms with E-state index in [0.717, 1.165) is 22.5 Å². The van der Waals surface area contributed by atoms with Gasteiger partial charge in [0, 0.05) is 0 Å². The summed E-state index contributed by atoms with van der Waals surface area (Å²) in [6.07, 6.45) is 1.62. The molecule has 0 radical (unpaired) electrons. The lowest BCUT2D eigenvalue weighted by Gasteiger charge is -1.99. The van der Waals surface area contributed by atoms with Crippen LogP contribution in [0, 0.1) is 6.92 Å². The largest absolute Gasteiger partial charge is 0.285 e. The van der Waals surface area contributed by atoms with Crippen LogP contribution in [0.4, 0.5) is 0 Å². The smallest absolute Gasteiger partial charge is 0.266 e. The van der Waals surface area contributed by atoms with Gasteiger partial charge >= 0.3 is 0 Å². The van der Waals surface area contributed by atoms with E-state index in [4.69, 9.17) is 0 Å². The number of rotatable bonds is 3. The molecule has 3 aromatic rings. The average Bonchev–Trinajstić information content (AvgIpc) is 2.93. The molecule has 0 bridgehead atoms. The standard InChI is InChI=1S/C15H12N4OS/c1-10-14(21-19-17-10)15(20)18-16-9-11-6-7-12-4-2-3-5-13(12)8-11/h2-9H,1H3,(H,18,20). The minimum Gasteiger partial charge on any atom is -0.266 e. The molecule has 3 rings (SSSR count). The maximum Gasteiger partial charge on any atom is 0.285 e. The summed E-state index contributed by atoms with van der Waals surface area (Å²) in [4.78, 5) is 12.3. The van der Waals surface area contributed by atoms with Crippen LogP contribution in [0.25, 0.3) is 10.8 Å². The van der Waals surface area contributed by atoms with Crippen LogP contribution in [0.1, 0.15) is 20.9 Å². The van der Waals surface area contributed by atoms with E-state index >= 15 is 0 Å². The van der Waals surface area contributed by atoms with Gasteiger partial charge in [0.05, 0.1) is 11.9 Å². The van der Waals surface area contributed by atoms with Gasteiger partial charge in [0.15, 0.2) is 0 Å². The molecule has 104 valence electrons. The molecule has 2 aromatic carbocycles. The summed E-state index contributed by atoms with van der Waals surface area (Å²) in [6.45, 7) is 1.74. The van der Waals surface area contributed by atoms with Crippen LogP contribution in [0.15, 0.2) is 47.6 Å². The summed E-state index contributed by atoms with van der Waals surface area (Å²) in [6, 6.07) is 14.1. The van der Waals surface area contributed by atoms with Crippen molar-refractivity contribution >= 4 is 34.4 Å². The molecule has 21 heavy (non-hydrogen) atoms. The number of carbonyl (C=O) groups is 1. The van der Waals surface area contributed by atoms with Crippen molar-refractivity contribution in [3.8, 4) is 0 Å². The number of hydrogen-bond acceptors (Lipinski definition) is 5. The molecule has 0 fully saturated rings. The zero-order valence-corrected chi connectivity index (χ0v) is 12.1. The fraction of sp³-hybridized carbons (Fsp3) is 0.0667. The third-order valence-electron chi connectivity index (χ3n) is 3.01. The summed E-state index contributed by atoms with van der Waals surface area (Å²) in [7, 11) is 0. The molecule has 1 amide bonds. The maximum atomic E-state index is 11.8. The molecule has 1 aromatic heterocycles. The fourth-order valence-electron chi connectivity index (χ4n) is 1.94. The Morgan fingerprint density at radius 1 is 1.24 bits per heavy atom. The van der Waals surface area contributed by atoms with Crippen LogP contribution in [-0.4, -0.2) is 21.7 Å². The SMILES string of the molecule is Cc1nnsc1C(=O)NN=Cc1ccc2ccccc2c1. The van der Waals surface area contributed by atoms with E-state index in [-0.39, 0.29) is 5.91 Å². The van der Waals surface area contributed by atoms with Crippen molar-refractivity contribution in [2.24, 2.45) is 5.10 Å². The Bertz CT molecular complexity index is 825. The van der Waals surface area contributed by atoms with Crippen LogP contribution in [0.5, 0.6) is 0 Å². The van der Waals surface area contributed by atoms with Gasteiger partial charge in [-0.25, -0.2) is 5.43 Å². The normalized spacial score (nSPS) is 11.1. The van der Waals surface area contributed by atoms with E-state index in [1.54, 1.807) is 13.1 Å². The Kier molecular flexibility index (Phi) is 3.70. The number of aryl methyl sites for hydroxylation is 1. The highest BCUT2D eigenvalue weighted by molar-refractivity contribution is 7.07. The molecule has 0 saturated heterocycles. The lowest BCUT2D eigenvalue weighted by atomic mass is 10.1. The van der Waals surface area contributed by atoms with Gasteiger partial charge in [-0.15, -0.1) is 5.10 Å². The number of nitrogens with zero attached hydrogens (tertiary/aromatic N) is 3. The molecular weight excluding hydrogens is 284 g/mol. The van der Waals surface area contributed by atoms with E-state index in [2.05, 4.69) is 26.2 Å². The van der Waals surface area contributed by atoms with Crippen molar-refractivity contribution in [2.75, 3.05) is 0 Å². The van der Waals surface area contributed by atoms with Crippen molar-refractivity contribution in [2.45, 2.75) is 6.92 Å². The van der Waals surface area contributed by atoms with E-state index in [9.17, 15) is 4.79 Å². The van der Waals surface area contributed by atoms with Gasteiger partial charge in [-0.3, -0.25) is 4.79 Å². The predicted octanol–water partition coefficient (Wildman–Crippen LogP) is 2.76. The molecule has 1 heterocycles. The molecule has 0 aliphatic heterocycles. The summed E-state index contributed by atoms with van der Waals surface area (Å²) in [5, 5.41) is 10.1. The van der Waals surface area contributed by atoms with Gasteiger partial charge in [-0.05, 0) is 40.9 Å². The number of benzene rings is 2. The first-order valence-corrected chi connectivity index (χ1v) is 7.12. The van der Waals surface area contributed by atoms with Crippen molar-refractivity contribution in [1.82, 2.24) is 15.0 Å². The minimum atomic E-state index is -0.292. The van der Waals surface area contributed by atoms with Gasteiger partial charge < -0.3 is 0 Å². The highest BCUT2D eigenvalue weighted by Gasteiger charge is 2.11. The Balaban J connectivity index is 1.73.